The van der Waals surface area contributed by atoms with Gasteiger partial charge in [-0.25, -0.2) is 4.98 Å². The Hall–Kier alpha value is -1.07. The molecule has 0 amide bonds. The molecule has 1 aromatic heterocycles. The molecule has 0 bridgehead atoms. The monoisotopic (exact) mass is 180 g/mol. The van der Waals surface area contributed by atoms with Gasteiger partial charge in [-0.3, -0.25) is 0 Å². The fraction of sp³-hybridized carbons (Fsp3) is 0.333. The van der Waals surface area contributed by atoms with Crippen LogP contribution in [0.2, 0.25) is 5.15 Å². The molecule has 0 fully saturated rings. The van der Waals surface area contributed by atoms with Gasteiger partial charge in [0.2, 0.25) is 0 Å². The number of pyridine rings is 1. The van der Waals surface area contributed by atoms with Crippen LogP contribution in [0.4, 0.5) is 0 Å². The van der Waals surface area contributed by atoms with Gasteiger partial charge in [-0.05, 0) is 23.6 Å². The molecule has 0 N–H and O–H groups in total. The SMILES string of the molecule is CC(C)c1cc(Cl)nc(C#N)c1. The van der Waals surface area contributed by atoms with Gasteiger partial charge in [-0.2, -0.15) is 5.26 Å². The van der Waals surface area contributed by atoms with Gasteiger partial charge in [-0.1, -0.05) is 25.4 Å². The van der Waals surface area contributed by atoms with E-state index in [4.69, 9.17) is 16.9 Å². The maximum atomic E-state index is 8.60. The summed E-state index contributed by atoms with van der Waals surface area (Å²) < 4.78 is 0. The van der Waals surface area contributed by atoms with Crippen molar-refractivity contribution in [3.05, 3.63) is 28.5 Å². The minimum atomic E-state index is 0.373. The third-order valence-electron chi connectivity index (χ3n) is 1.60. The highest BCUT2D eigenvalue weighted by molar-refractivity contribution is 6.29. The normalized spacial score (nSPS) is 9.92. The number of rotatable bonds is 1. The fourth-order valence-electron chi connectivity index (χ4n) is 0.907. The van der Waals surface area contributed by atoms with Crippen LogP contribution in [0.1, 0.15) is 31.0 Å². The fourth-order valence-corrected chi connectivity index (χ4v) is 1.12. The first-order valence-electron chi connectivity index (χ1n) is 3.71. The Labute approximate surface area is 76.8 Å². The summed E-state index contributed by atoms with van der Waals surface area (Å²) in [5.74, 6) is 0.373. The number of aromatic nitrogens is 1. The van der Waals surface area contributed by atoms with Gasteiger partial charge in [0.05, 0.1) is 0 Å². The van der Waals surface area contributed by atoms with Crippen molar-refractivity contribution in [2.75, 3.05) is 0 Å². The van der Waals surface area contributed by atoms with Crippen LogP contribution >= 0.6 is 11.6 Å². The Morgan fingerprint density at radius 3 is 2.67 bits per heavy atom. The van der Waals surface area contributed by atoms with E-state index in [1.807, 2.05) is 19.9 Å². The van der Waals surface area contributed by atoms with Gasteiger partial charge in [0.15, 0.2) is 0 Å². The second-order valence-corrected chi connectivity index (χ2v) is 3.26. The molecule has 0 radical (unpaired) electrons. The lowest BCUT2D eigenvalue weighted by Gasteiger charge is -2.04. The summed E-state index contributed by atoms with van der Waals surface area (Å²) in [6, 6.07) is 5.51. The largest absolute Gasteiger partial charge is 0.225 e. The molecule has 0 atom stereocenters. The minimum absolute atomic E-state index is 0.373. The number of nitriles is 1. The van der Waals surface area contributed by atoms with Crippen LogP contribution in [0.15, 0.2) is 12.1 Å². The molecule has 0 unspecified atom stereocenters. The van der Waals surface area contributed by atoms with Gasteiger partial charge in [0.1, 0.15) is 16.9 Å². The number of nitrogens with zero attached hydrogens (tertiary/aromatic N) is 2. The zero-order valence-electron chi connectivity index (χ0n) is 7.00. The van der Waals surface area contributed by atoms with E-state index in [1.54, 1.807) is 12.1 Å². The molecule has 1 heterocycles. The molecule has 0 aliphatic carbocycles. The minimum Gasteiger partial charge on any atom is -0.225 e. The summed E-state index contributed by atoms with van der Waals surface area (Å²) >= 11 is 5.71. The first-order chi connectivity index (χ1) is 5.63. The molecule has 0 spiro atoms. The average molecular weight is 181 g/mol. The van der Waals surface area contributed by atoms with Crippen molar-refractivity contribution in [1.29, 1.82) is 5.26 Å². The third-order valence-corrected chi connectivity index (χ3v) is 1.79. The second-order valence-electron chi connectivity index (χ2n) is 2.87. The quantitative estimate of drug-likeness (QED) is 0.624. The highest BCUT2D eigenvalue weighted by atomic mass is 35.5. The molecule has 3 heteroatoms. The summed E-state index contributed by atoms with van der Waals surface area (Å²) in [4.78, 5) is 3.84. The smallest absolute Gasteiger partial charge is 0.142 e. The lowest BCUT2D eigenvalue weighted by Crippen LogP contribution is -1.91. The van der Waals surface area contributed by atoms with Crippen LogP contribution in [-0.2, 0) is 0 Å². The second kappa shape index (κ2) is 3.55. The zero-order chi connectivity index (χ0) is 9.14. The molecule has 0 aromatic carbocycles. The van der Waals surface area contributed by atoms with Crippen molar-refractivity contribution in [3.8, 4) is 6.07 Å². The summed E-state index contributed by atoms with van der Waals surface area (Å²) in [5, 5.41) is 8.98. The van der Waals surface area contributed by atoms with Gasteiger partial charge in [-0.15, -0.1) is 0 Å². The first kappa shape index (κ1) is 9.02. The van der Waals surface area contributed by atoms with E-state index < -0.39 is 0 Å². The maximum absolute atomic E-state index is 8.60. The van der Waals surface area contributed by atoms with Crippen LogP contribution in [0.5, 0.6) is 0 Å². The summed E-state index contributed by atoms with van der Waals surface area (Å²) in [6.07, 6.45) is 0. The molecule has 12 heavy (non-hydrogen) atoms. The Kier molecular flexibility index (Phi) is 2.67. The molecule has 0 saturated heterocycles. The van der Waals surface area contributed by atoms with Crippen LogP contribution in [-0.4, -0.2) is 4.98 Å². The Morgan fingerprint density at radius 1 is 1.50 bits per heavy atom. The lowest BCUT2D eigenvalue weighted by atomic mass is 10.0. The van der Waals surface area contributed by atoms with E-state index in [-0.39, 0.29) is 0 Å². The summed E-state index contributed by atoms with van der Waals surface area (Å²) in [7, 11) is 0. The van der Waals surface area contributed by atoms with E-state index in [2.05, 4.69) is 4.98 Å². The van der Waals surface area contributed by atoms with E-state index in [0.29, 0.717) is 16.8 Å². The van der Waals surface area contributed by atoms with Crippen molar-refractivity contribution >= 4 is 11.6 Å². The molecule has 62 valence electrons. The van der Waals surface area contributed by atoms with E-state index >= 15 is 0 Å². The molecule has 0 aliphatic heterocycles. The van der Waals surface area contributed by atoms with Crippen LogP contribution in [0.25, 0.3) is 0 Å². The van der Waals surface area contributed by atoms with E-state index in [9.17, 15) is 0 Å². The van der Waals surface area contributed by atoms with Gasteiger partial charge < -0.3 is 0 Å². The zero-order valence-corrected chi connectivity index (χ0v) is 7.76. The van der Waals surface area contributed by atoms with E-state index in [1.165, 1.54) is 0 Å². The first-order valence-corrected chi connectivity index (χ1v) is 4.09. The topological polar surface area (TPSA) is 36.7 Å². The van der Waals surface area contributed by atoms with Crippen molar-refractivity contribution in [2.45, 2.75) is 19.8 Å². The number of halogens is 1. The highest BCUT2D eigenvalue weighted by Gasteiger charge is 2.03. The maximum Gasteiger partial charge on any atom is 0.142 e. The van der Waals surface area contributed by atoms with Crippen LogP contribution in [0, 0.1) is 11.3 Å². The Morgan fingerprint density at radius 2 is 2.17 bits per heavy atom. The van der Waals surface area contributed by atoms with Gasteiger partial charge in [0.25, 0.3) is 0 Å². The van der Waals surface area contributed by atoms with Gasteiger partial charge in [0, 0.05) is 0 Å². The van der Waals surface area contributed by atoms with Crippen LogP contribution in [0.3, 0.4) is 0 Å². The van der Waals surface area contributed by atoms with Gasteiger partial charge >= 0.3 is 0 Å². The molecule has 2 nitrogen and oxygen atoms in total. The predicted octanol–water partition coefficient (Wildman–Crippen LogP) is 2.73. The molecule has 1 rings (SSSR count). The van der Waals surface area contributed by atoms with Crippen molar-refractivity contribution in [1.82, 2.24) is 4.98 Å². The number of hydrogen-bond donors (Lipinski definition) is 0. The lowest BCUT2D eigenvalue weighted by molar-refractivity contribution is 0.861. The highest BCUT2D eigenvalue weighted by Crippen LogP contribution is 2.18. The Balaban J connectivity index is 3.17. The molecule has 0 saturated carbocycles. The standard InChI is InChI=1S/C9H9ClN2/c1-6(2)7-3-8(5-11)12-9(10)4-7/h3-4,6H,1-2H3. The number of hydrogen-bond acceptors (Lipinski definition) is 2. The molecule has 0 aliphatic rings. The predicted molar refractivity (Wildman–Crippen MR) is 48.1 cm³/mol. The van der Waals surface area contributed by atoms with Crippen LogP contribution < -0.4 is 0 Å². The third kappa shape index (κ3) is 1.96. The Bertz CT molecular complexity index is 326. The summed E-state index contributed by atoms with van der Waals surface area (Å²) in [5.41, 5.74) is 1.43. The molecular formula is C9H9ClN2. The van der Waals surface area contributed by atoms with Crippen molar-refractivity contribution in [3.63, 3.8) is 0 Å². The average Bonchev–Trinajstić information content (AvgIpc) is 2.03. The summed E-state index contributed by atoms with van der Waals surface area (Å²) in [6.45, 7) is 4.10. The van der Waals surface area contributed by atoms with Crippen molar-refractivity contribution in [2.24, 2.45) is 0 Å². The molecular weight excluding hydrogens is 172 g/mol. The molecule has 1 aromatic rings. The van der Waals surface area contributed by atoms with Crippen molar-refractivity contribution < 1.29 is 0 Å². The van der Waals surface area contributed by atoms with E-state index in [0.717, 1.165) is 5.56 Å².